The molecule has 0 unspecified atom stereocenters. The largest absolute Gasteiger partial charge is 0.463 e. The fourth-order valence-electron chi connectivity index (χ4n) is 0.787. The smallest absolute Gasteiger partial charge is 0.306 e. The molecule has 0 aliphatic rings. The molecule has 3 nitrogen and oxygen atoms in total. The molecular weight excluding hydrogens is 168 g/mol. The Labute approximate surface area is 78.5 Å². The van der Waals surface area contributed by atoms with Crippen molar-refractivity contribution in [3.05, 3.63) is 0 Å². The summed E-state index contributed by atoms with van der Waals surface area (Å²) in [5.74, 6) is 1.44. The molecule has 13 heavy (non-hydrogen) atoms. The second kappa shape index (κ2) is 6.24. The van der Waals surface area contributed by atoms with Gasteiger partial charge < -0.3 is 4.74 Å². The summed E-state index contributed by atoms with van der Waals surface area (Å²) in [7, 11) is 0. The van der Waals surface area contributed by atoms with Crippen LogP contribution in [0.2, 0.25) is 0 Å². The lowest BCUT2D eigenvalue weighted by Gasteiger charge is -2.06. The van der Waals surface area contributed by atoms with Crippen LogP contribution in [-0.4, -0.2) is 17.9 Å². The highest BCUT2D eigenvalue weighted by atomic mass is 16.5. The van der Waals surface area contributed by atoms with Crippen LogP contribution in [0, 0.1) is 12.3 Å². The van der Waals surface area contributed by atoms with Crippen LogP contribution in [0.15, 0.2) is 0 Å². The number of ether oxygens (including phenoxy) is 1. The van der Waals surface area contributed by atoms with Crippen molar-refractivity contribution in [3.8, 4) is 12.3 Å². The molecule has 0 atom stereocenters. The van der Waals surface area contributed by atoms with Crippen LogP contribution in [0.5, 0.6) is 0 Å². The minimum absolute atomic E-state index is 0.101. The molecule has 0 heterocycles. The van der Waals surface area contributed by atoms with Crippen LogP contribution in [0.3, 0.4) is 0 Å². The molecular formula is C10H14O3. The van der Waals surface area contributed by atoms with E-state index in [0.717, 1.165) is 0 Å². The lowest BCUT2D eigenvalue weighted by atomic mass is 10.2. The van der Waals surface area contributed by atoms with Gasteiger partial charge in [-0.15, -0.1) is 6.42 Å². The van der Waals surface area contributed by atoms with Gasteiger partial charge in [-0.2, -0.15) is 0 Å². The number of ketones is 1. The highest BCUT2D eigenvalue weighted by Crippen LogP contribution is 2.00. The molecule has 0 bridgehead atoms. The topological polar surface area (TPSA) is 43.4 Å². The molecule has 0 aromatic rings. The molecule has 0 N–H and O–H groups in total. The average Bonchev–Trinajstić information content (AvgIpc) is 2.02. The SMILES string of the molecule is C#CC(=O)CCCC(=O)OC(C)C. The van der Waals surface area contributed by atoms with Crippen LogP contribution in [0.1, 0.15) is 33.1 Å². The Bertz CT molecular complexity index is 223. The van der Waals surface area contributed by atoms with E-state index in [1.165, 1.54) is 0 Å². The van der Waals surface area contributed by atoms with Crippen LogP contribution in [0.4, 0.5) is 0 Å². The molecule has 72 valence electrons. The van der Waals surface area contributed by atoms with Gasteiger partial charge in [0.15, 0.2) is 0 Å². The number of Topliss-reactive ketones (excluding diaryl/α,β-unsaturated/α-hetero) is 1. The first kappa shape index (κ1) is 11.7. The number of esters is 1. The Hall–Kier alpha value is -1.30. The Kier molecular flexibility index (Phi) is 5.62. The van der Waals surface area contributed by atoms with Crippen LogP contribution < -0.4 is 0 Å². The van der Waals surface area contributed by atoms with Gasteiger partial charge in [0.2, 0.25) is 5.78 Å². The maximum atomic E-state index is 10.9. The van der Waals surface area contributed by atoms with Gasteiger partial charge >= 0.3 is 5.97 Å². The predicted octanol–water partition coefficient (Wildman–Crippen LogP) is 1.31. The summed E-state index contributed by atoms with van der Waals surface area (Å²) >= 11 is 0. The van der Waals surface area contributed by atoms with Gasteiger partial charge in [-0.25, -0.2) is 0 Å². The Morgan fingerprint density at radius 2 is 2.00 bits per heavy atom. The molecule has 0 saturated heterocycles. The number of terminal acetylenes is 1. The minimum atomic E-state index is -0.278. The first-order valence-corrected chi connectivity index (χ1v) is 4.25. The van der Waals surface area contributed by atoms with Gasteiger partial charge in [-0.3, -0.25) is 9.59 Å². The standard InChI is InChI=1S/C10H14O3/c1-4-9(11)6-5-7-10(12)13-8(2)3/h1,8H,5-7H2,2-3H3. The Morgan fingerprint density at radius 3 is 2.46 bits per heavy atom. The fraction of sp³-hybridized carbons (Fsp3) is 0.600. The van der Waals surface area contributed by atoms with Crippen LogP contribution in [0.25, 0.3) is 0 Å². The van der Waals surface area contributed by atoms with Gasteiger partial charge in [0.25, 0.3) is 0 Å². The van der Waals surface area contributed by atoms with Crippen molar-refractivity contribution in [2.75, 3.05) is 0 Å². The van der Waals surface area contributed by atoms with E-state index in [9.17, 15) is 9.59 Å². The zero-order valence-electron chi connectivity index (χ0n) is 8.00. The third-order valence-corrected chi connectivity index (χ3v) is 1.31. The molecule has 0 fully saturated rings. The van der Waals surface area contributed by atoms with Crippen LogP contribution in [-0.2, 0) is 14.3 Å². The lowest BCUT2D eigenvalue weighted by molar-refractivity contribution is -0.147. The number of carbonyl (C=O) groups excluding carboxylic acids is 2. The summed E-state index contributed by atoms with van der Waals surface area (Å²) in [6, 6.07) is 0. The van der Waals surface area contributed by atoms with Crippen molar-refractivity contribution in [3.63, 3.8) is 0 Å². The molecule has 0 aliphatic carbocycles. The molecule has 0 amide bonds. The molecule has 0 aliphatic heterocycles. The van der Waals surface area contributed by atoms with E-state index in [4.69, 9.17) is 11.2 Å². The van der Waals surface area contributed by atoms with E-state index < -0.39 is 0 Å². The summed E-state index contributed by atoms with van der Waals surface area (Å²) < 4.78 is 4.86. The summed E-state index contributed by atoms with van der Waals surface area (Å²) in [5.41, 5.74) is 0. The number of carbonyl (C=O) groups is 2. The molecule has 0 saturated carbocycles. The van der Waals surface area contributed by atoms with Crippen molar-refractivity contribution in [1.82, 2.24) is 0 Å². The van der Waals surface area contributed by atoms with Crippen molar-refractivity contribution in [2.24, 2.45) is 0 Å². The van der Waals surface area contributed by atoms with Crippen molar-refractivity contribution in [1.29, 1.82) is 0 Å². The monoisotopic (exact) mass is 182 g/mol. The number of rotatable bonds is 5. The molecule has 0 radical (unpaired) electrons. The third kappa shape index (κ3) is 7.07. The second-order valence-electron chi connectivity index (χ2n) is 2.96. The second-order valence-corrected chi connectivity index (χ2v) is 2.96. The van der Waals surface area contributed by atoms with E-state index in [1.807, 2.05) is 5.92 Å². The quantitative estimate of drug-likeness (QED) is 0.366. The summed E-state index contributed by atoms with van der Waals surface area (Å²) in [6.45, 7) is 3.56. The maximum absolute atomic E-state index is 10.9. The normalized spacial score (nSPS) is 9.38. The summed E-state index contributed by atoms with van der Waals surface area (Å²) in [5, 5.41) is 0. The first-order chi connectivity index (χ1) is 6.06. The zero-order valence-corrected chi connectivity index (χ0v) is 8.00. The highest BCUT2D eigenvalue weighted by molar-refractivity contribution is 5.94. The number of hydrogen-bond donors (Lipinski definition) is 0. The summed E-state index contributed by atoms with van der Waals surface area (Å²) in [6.07, 6.45) is 5.73. The first-order valence-electron chi connectivity index (χ1n) is 4.25. The molecule has 0 aromatic heterocycles. The van der Waals surface area contributed by atoms with Gasteiger partial charge in [0.05, 0.1) is 6.10 Å². The lowest BCUT2D eigenvalue weighted by Crippen LogP contribution is -2.11. The van der Waals surface area contributed by atoms with E-state index >= 15 is 0 Å². The van der Waals surface area contributed by atoms with Crippen molar-refractivity contribution in [2.45, 2.75) is 39.2 Å². The molecule has 0 spiro atoms. The van der Waals surface area contributed by atoms with E-state index in [2.05, 4.69) is 0 Å². The number of hydrogen-bond acceptors (Lipinski definition) is 3. The Morgan fingerprint density at radius 1 is 1.38 bits per heavy atom. The van der Waals surface area contributed by atoms with Gasteiger partial charge in [-0.1, -0.05) is 0 Å². The molecule has 0 aromatic carbocycles. The van der Waals surface area contributed by atoms with Gasteiger partial charge in [0, 0.05) is 12.8 Å². The third-order valence-electron chi connectivity index (χ3n) is 1.31. The predicted molar refractivity (Wildman–Crippen MR) is 48.9 cm³/mol. The van der Waals surface area contributed by atoms with E-state index in [-0.39, 0.29) is 30.7 Å². The molecule has 0 rings (SSSR count). The molecule has 3 heteroatoms. The highest BCUT2D eigenvalue weighted by Gasteiger charge is 2.06. The maximum Gasteiger partial charge on any atom is 0.306 e. The van der Waals surface area contributed by atoms with Crippen molar-refractivity contribution < 1.29 is 14.3 Å². The fourth-order valence-corrected chi connectivity index (χ4v) is 0.787. The zero-order chi connectivity index (χ0) is 10.3. The van der Waals surface area contributed by atoms with Gasteiger partial charge in [-0.05, 0) is 26.2 Å². The Balaban J connectivity index is 3.49. The van der Waals surface area contributed by atoms with Crippen LogP contribution >= 0.6 is 0 Å². The minimum Gasteiger partial charge on any atom is -0.463 e. The average molecular weight is 182 g/mol. The van der Waals surface area contributed by atoms with Crippen molar-refractivity contribution >= 4 is 11.8 Å². The van der Waals surface area contributed by atoms with Gasteiger partial charge in [0.1, 0.15) is 0 Å². The summed E-state index contributed by atoms with van der Waals surface area (Å²) in [4.78, 5) is 21.6. The van der Waals surface area contributed by atoms with E-state index in [1.54, 1.807) is 13.8 Å². The van der Waals surface area contributed by atoms with E-state index in [0.29, 0.717) is 6.42 Å².